The molecule has 0 unspecified atom stereocenters. The van der Waals surface area contributed by atoms with E-state index in [0.29, 0.717) is 61.7 Å². The molecule has 224 valence electrons. The number of urea groups is 1. The molecule has 0 atom stereocenters. The Balaban J connectivity index is 1.26. The largest absolute Gasteiger partial charge is 0.497 e. The molecule has 0 bridgehead atoms. The molecule has 1 saturated heterocycles. The predicted molar refractivity (Wildman–Crippen MR) is 158 cm³/mol. The summed E-state index contributed by atoms with van der Waals surface area (Å²) in [6.07, 6.45) is 2.75. The van der Waals surface area contributed by atoms with Crippen LogP contribution in [0.4, 0.5) is 20.6 Å². The first-order valence-corrected chi connectivity index (χ1v) is 13.8. The lowest BCUT2D eigenvalue weighted by molar-refractivity contribution is -0.135. The zero-order valence-corrected chi connectivity index (χ0v) is 24.1. The standard InChI is InChI=1S/C31H32FN5O6/c1-17-21(8-9-28(38)37-10-12-43-13-11-37)18(2)33-26(17)16-24-22-6-4-19(14-27(22)35-30(24)40)34-31(41)36-29(39)23-7-5-20(42-3)15-25(23)32/h4-7,14-16,33H,8-13H2,1-3H3,(H,35,40)(H2,34,36,39,41)/b24-16-. The van der Waals surface area contributed by atoms with Gasteiger partial charge in [0.05, 0.1) is 37.1 Å². The molecule has 1 aromatic heterocycles. The molecule has 3 heterocycles. The van der Waals surface area contributed by atoms with Crippen molar-refractivity contribution in [2.75, 3.05) is 44.0 Å². The van der Waals surface area contributed by atoms with Gasteiger partial charge in [-0.25, -0.2) is 9.18 Å². The number of amides is 5. The molecule has 0 radical (unpaired) electrons. The molecule has 1 fully saturated rings. The van der Waals surface area contributed by atoms with E-state index in [1.165, 1.54) is 19.2 Å². The van der Waals surface area contributed by atoms with Crippen LogP contribution in [0.15, 0.2) is 36.4 Å². The number of morpholine rings is 1. The van der Waals surface area contributed by atoms with Crippen molar-refractivity contribution in [1.29, 1.82) is 0 Å². The van der Waals surface area contributed by atoms with Gasteiger partial charge in [-0.2, -0.15) is 0 Å². The van der Waals surface area contributed by atoms with Crippen LogP contribution in [-0.2, 0) is 20.7 Å². The molecule has 5 rings (SSSR count). The number of aromatic nitrogens is 1. The molecule has 2 aliphatic rings. The number of anilines is 2. The van der Waals surface area contributed by atoms with Gasteiger partial charge in [0.2, 0.25) is 5.91 Å². The molecule has 2 aliphatic heterocycles. The highest BCUT2D eigenvalue weighted by Crippen LogP contribution is 2.36. The minimum atomic E-state index is -0.918. The van der Waals surface area contributed by atoms with Crippen LogP contribution in [-0.4, -0.2) is 67.0 Å². The SMILES string of the molecule is COc1ccc(C(=O)NC(=O)Nc2ccc3c(c2)NC(=O)/C3=C\c2[nH]c(C)c(CCC(=O)N3CCOCC3)c2C)c(F)c1. The van der Waals surface area contributed by atoms with Gasteiger partial charge in [-0.3, -0.25) is 19.7 Å². The first kappa shape index (κ1) is 29.5. The van der Waals surface area contributed by atoms with Gasteiger partial charge in [0.1, 0.15) is 11.6 Å². The normalized spacial score (nSPS) is 15.2. The number of ether oxygens (including phenoxy) is 2. The highest BCUT2D eigenvalue weighted by molar-refractivity contribution is 6.35. The van der Waals surface area contributed by atoms with Crippen LogP contribution >= 0.6 is 0 Å². The van der Waals surface area contributed by atoms with Crippen molar-refractivity contribution >= 4 is 46.8 Å². The summed E-state index contributed by atoms with van der Waals surface area (Å²) in [5, 5.41) is 7.42. The predicted octanol–water partition coefficient (Wildman–Crippen LogP) is 4.03. The second-order valence-electron chi connectivity index (χ2n) is 10.3. The Morgan fingerprint density at radius 1 is 1.12 bits per heavy atom. The summed E-state index contributed by atoms with van der Waals surface area (Å²) >= 11 is 0. The third kappa shape index (κ3) is 6.44. The summed E-state index contributed by atoms with van der Waals surface area (Å²) in [7, 11) is 1.37. The van der Waals surface area contributed by atoms with Gasteiger partial charge in [-0.05, 0) is 61.7 Å². The third-order valence-electron chi connectivity index (χ3n) is 7.58. The number of benzene rings is 2. The zero-order valence-electron chi connectivity index (χ0n) is 24.1. The minimum absolute atomic E-state index is 0.0997. The smallest absolute Gasteiger partial charge is 0.326 e. The van der Waals surface area contributed by atoms with E-state index < -0.39 is 17.8 Å². The maximum atomic E-state index is 14.2. The number of aromatic amines is 1. The summed E-state index contributed by atoms with van der Waals surface area (Å²) < 4.78 is 24.4. The summed E-state index contributed by atoms with van der Waals surface area (Å²) in [6.45, 7) is 6.25. The van der Waals surface area contributed by atoms with E-state index in [1.807, 2.05) is 18.7 Å². The Morgan fingerprint density at radius 2 is 1.88 bits per heavy atom. The highest BCUT2D eigenvalue weighted by atomic mass is 19.1. The molecule has 12 heteroatoms. The fourth-order valence-electron chi connectivity index (χ4n) is 5.24. The molecule has 2 aromatic carbocycles. The van der Waals surface area contributed by atoms with Crippen LogP contribution in [0.3, 0.4) is 0 Å². The quantitative estimate of drug-likeness (QED) is 0.307. The van der Waals surface area contributed by atoms with Gasteiger partial charge in [0.15, 0.2) is 0 Å². The van der Waals surface area contributed by atoms with Crippen molar-refractivity contribution in [3.8, 4) is 5.75 Å². The van der Waals surface area contributed by atoms with Crippen LogP contribution in [0.5, 0.6) is 5.75 Å². The Kier molecular flexibility index (Phi) is 8.58. The topological polar surface area (TPSA) is 142 Å². The molecule has 43 heavy (non-hydrogen) atoms. The fourth-order valence-corrected chi connectivity index (χ4v) is 5.24. The summed E-state index contributed by atoms with van der Waals surface area (Å²) in [5.41, 5.74) is 5.30. The lowest BCUT2D eigenvalue weighted by Crippen LogP contribution is -2.40. The van der Waals surface area contributed by atoms with Gasteiger partial charge in [0.25, 0.3) is 11.8 Å². The third-order valence-corrected chi connectivity index (χ3v) is 7.58. The van der Waals surface area contributed by atoms with E-state index in [0.717, 1.165) is 28.6 Å². The number of aryl methyl sites for hydroxylation is 1. The maximum Gasteiger partial charge on any atom is 0.326 e. The highest BCUT2D eigenvalue weighted by Gasteiger charge is 2.26. The molecule has 0 aliphatic carbocycles. The number of hydrogen-bond acceptors (Lipinski definition) is 6. The minimum Gasteiger partial charge on any atom is -0.497 e. The summed E-state index contributed by atoms with van der Waals surface area (Å²) in [4.78, 5) is 55.5. The number of halogens is 1. The van der Waals surface area contributed by atoms with Gasteiger partial charge in [0, 0.05) is 48.2 Å². The van der Waals surface area contributed by atoms with Gasteiger partial charge in [-0.15, -0.1) is 0 Å². The lowest BCUT2D eigenvalue weighted by atomic mass is 10.0. The van der Waals surface area contributed by atoms with Crippen molar-refractivity contribution in [3.63, 3.8) is 0 Å². The number of hydrogen-bond donors (Lipinski definition) is 4. The molecule has 5 amide bonds. The lowest BCUT2D eigenvalue weighted by Gasteiger charge is -2.26. The Bertz CT molecular complexity index is 1640. The van der Waals surface area contributed by atoms with Gasteiger partial charge < -0.3 is 30.0 Å². The van der Waals surface area contributed by atoms with Crippen LogP contribution < -0.4 is 20.7 Å². The van der Waals surface area contributed by atoms with Crippen LogP contribution in [0.1, 0.15) is 44.9 Å². The number of methoxy groups -OCH3 is 1. The van der Waals surface area contributed by atoms with Crippen molar-refractivity contribution in [2.45, 2.75) is 26.7 Å². The van der Waals surface area contributed by atoms with Crippen LogP contribution in [0, 0.1) is 19.7 Å². The van der Waals surface area contributed by atoms with E-state index >= 15 is 0 Å². The number of nitrogens with one attached hydrogen (secondary N) is 4. The summed E-state index contributed by atoms with van der Waals surface area (Å²) in [5.74, 6) is -1.71. The average Bonchev–Trinajstić information content (AvgIpc) is 3.44. The number of carbonyl (C=O) groups excluding carboxylic acids is 4. The first-order valence-electron chi connectivity index (χ1n) is 13.8. The Labute approximate surface area is 247 Å². The van der Waals surface area contributed by atoms with Crippen molar-refractivity contribution < 1.29 is 33.0 Å². The van der Waals surface area contributed by atoms with E-state index in [1.54, 1.807) is 24.3 Å². The number of rotatable bonds is 7. The van der Waals surface area contributed by atoms with Crippen LogP contribution in [0.25, 0.3) is 11.6 Å². The summed E-state index contributed by atoms with van der Waals surface area (Å²) in [6, 6.07) is 7.67. The van der Waals surface area contributed by atoms with E-state index in [-0.39, 0.29) is 23.1 Å². The van der Waals surface area contributed by atoms with Gasteiger partial charge >= 0.3 is 6.03 Å². The number of carbonyl (C=O) groups is 4. The number of H-pyrrole nitrogens is 1. The fraction of sp³-hybridized carbons (Fsp3) is 0.290. The molecule has 0 saturated carbocycles. The average molecular weight is 590 g/mol. The molecular formula is C31H32FN5O6. The molecule has 4 N–H and O–H groups in total. The molecule has 11 nitrogen and oxygen atoms in total. The molecule has 3 aromatic rings. The van der Waals surface area contributed by atoms with Crippen LogP contribution in [0.2, 0.25) is 0 Å². The van der Waals surface area contributed by atoms with Gasteiger partial charge in [-0.1, -0.05) is 6.07 Å². The van der Waals surface area contributed by atoms with E-state index in [2.05, 4.69) is 20.9 Å². The number of imide groups is 1. The molecular weight excluding hydrogens is 557 g/mol. The number of nitrogens with zero attached hydrogens (tertiary/aromatic N) is 1. The Morgan fingerprint density at radius 3 is 2.60 bits per heavy atom. The van der Waals surface area contributed by atoms with E-state index in [4.69, 9.17) is 9.47 Å². The van der Waals surface area contributed by atoms with Crippen molar-refractivity contribution in [3.05, 3.63) is 75.9 Å². The maximum absolute atomic E-state index is 14.2. The Hall–Kier alpha value is -4.97. The zero-order chi connectivity index (χ0) is 30.7. The first-order chi connectivity index (χ1) is 20.6. The van der Waals surface area contributed by atoms with Crippen molar-refractivity contribution in [1.82, 2.24) is 15.2 Å². The van der Waals surface area contributed by atoms with Crippen molar-refractivity contribution in [2.24, 2.45) is 0 Å². The number of fused-ring (bicyclic) bond motifs is 1. The monoisotopic (exact) mass is 589 g/mol. The second kappa shape index (κ2) is 12.5. The second-order valence-corrected chi connectivity index (χ2v) is 10.3. The van der Waals surface area contributed by atoms with E-state index in [9.17, 15) is 23.6 Å². The molecule has 0 spiro atoms.